The highest BCUT2D eigenvalue weighted by atomic mass is 16.3. The SMILES string of the molecule is O=C(NC1CCN(C(=O)c2ccncc2)CC1)c1ccccc1O. The Bertz CT molecular complexity index is 725. The van der Waals surface area contributed by atoms with E-state index in [-0.39, 0.29) is 29.2 Å². The largest absolute Gasteiger partial charge is 0.507 e. The maximum atomic E-state index is 12.4. The van der Waals surface area contributed by atoms with Crippen molar-refractivity contribution in [2.75, 3.05) is 13.1 Å². The van der Waals surface area contributed by atoms with Gasteiger partial charge in [0.1, 0.15) is 5.75 Å². The zero-order valence-electron chi connectivity index (χ0n) is 13.2. The molecule has 0 spiro atoms. The van der Waals surface area contributed by atoms with Crippen molar-refractivity contribution in [3.05, 3.63) is 59.9 Å². The number of pyridine rings is 1. The Kier molecular flexibility index (Phi) is 4.74. The monoisotopic (exact) mass is 325 g/mol. The van der Waals surface area contributed by atoms with Crippen LogP contribution in [-0.2, 0) is 0 Å². The van der Waals surface area contributed by atoms with Gasteiger partial charge in [0, 0.05) is 37.1 Å². The van der Waals surface area contributed by atoms with Gasteiger partial charge in [0.25, 0.3) is 11.8 Å². The number of carbonyl (C=O) groups is 2. The quantitative estimate of drug-likeness (QED) is 0.902. The first kappa shape index (κ1) is 16.0. The Balaban J connectivity index is 1.55. The number of aromatic nitrogens is 1. The fourth-order valence-corrected chi connectivity index (χ4v) is 2.83. The van der Waals surface area contributed by atoms with Gasteiger partial charge in [-0.25, -0.2) is 0 Å². The van der Waals surface area contributed by atoms with Crippen LogP contribution in [0.1, 0.15) is 33.6 Å². The number of amides is 2. The minimum Gasteiger partial charge on any atom is -0.507 e. The summed E-state index contributed by atoms with van der Waals surface area (Å²) in [6.07, 6.45) is 4.59. The van der Waals surface area contributed by atoms with Crippen LogP contribution in [0, 0.1) is 0 Å². The first-order valence-corrected chi connectivity index (χ1v) is 7.93. The highest BCUT2D eigenvalue weighted by Crippen LogP contribution is 2.18. The topological polar surface area (TPSA) is 82.5 Å². The maximum absolute atomic E-state index is 12.4. The van der Waals surface area contributed by atoms with E-state index in [0.717, 1.165) is 0 Å². The van der Waals surface area contributed by atoms with E-state index in [1.54, 1.807) is 47.6 Å². The minimum atomic E-state index is -0.285. The molecular formula is C18H19N3O3. The molecule has 1 aliphatic rings. The van der Waals surface area contributed by atoms with Crippen molar-refractivity contribution < 1.29 is 14.7 Å². The molecule has 1 fully saturated rings. The lowest BCUT2D eigenvalue weighted by Crippen LogP contribution is -2.46. The van der Waals surface area contributed by atoms with Crippen molar-refractivity contribution in [2.24, 2.45) is 0 Å². The molecule has 0 radical (unpaired) electrons. The molecule has 0 atom stereocenters. The Morgan fingerprint density at radius 2 is 1.75 bits per heavy atom. The predicted octanol–water partition coefficient (Wildman–Crippen LogP) is 1.82. The number of phenolic OH excluding ortho intramolecular Hbond substituents is 1. The standard InChI is InChI=1S/C18H19N3O3/c22-16-4-2-1-3-15(16)17(23)20-14-7-11-21(12-8-14)18(24)13-5-9-19-10-6-13/h1-6,9-10,14,22H,7-8,11-12H2,(H,20,23). The Morgan fingerprint density at radius 3 is 2.42 bits per heavy atom. The van der Waals surface area contributed by atoms with E-state index in [9.17, 15) is 14.7 Å². The molecule has 2 amide bonds. The van der Waals surface area contributed by atoms with Crippen molar-refractivity contribution in [2.45, 2.75) is 18.9 Å². The molecule has 6 heteroatoms. The molecule has 2 heterocycles. The molecule has 0 bridgehead atoms. The Hall–Kier alpha value is -2.89. The van der Waals surface area contributed by atoms with Gasteiger partial charge in [-0.15, -0.1) is 0 Å². The van der Waals surface area contributed by atoms with Gasteiger partial charge in [-0.1, -0.05) is 12.1 Å². The van der Waals surface area contributed by atoms with E-state index in [4.69, 9.17) is 0 Å². The van der Waals surface area contributed by atoms with Crippen LogP contribution in [0.4, 0.5) is 0 Å². The number of para-hydroxylation sites is 1. The Labute approximate surface area is 140 Å². The van der Waals surface area contributed by atoms with Crippen molar-refractivity contribution in [1.82, 2.24) is 15.2 Å². The summed E-state index contributed by atoms with van der Waals surface area (Å²) in [5.74, 6) is -0.324. The van der Waals surface area contributed by atoms with Crippen LogP contribution in [0.15, 0.2) is 48.8 Å². The van der Waals surface area contributed by atoms with E-state index in [0.29, 0.717) is 31.5 Å². The molecule has 1 aliphatic heterocycles. The summed E-state index contributed by atoms with van der Waals surface area (Å²) in [5.41, 5.74) is 0.898. The van der Waals surface area contributed by atoms with E-state index in [1.807, 2.05) is 0 Å². The van der Waals surface area contributed by atoms with Gasteiger partial charge >= 0.3 is 0 Å². The van der Waals surface area contributed by atoms with Gasteiger partial charge in [-0.3, -0.25) is 14.6 Å². The van der Waals surface area contributed by atoms with Crippen molar-refractivity contribution in [1.29, 1.82) is 0 Å². The van der Waals surface area contributed by atoms with E-state index in [1.165, 1.54) is 6.07 Å². The van der Waals surface area contributed by atoms with Crippen LogP contribution < -0.4 is 5.32 Å². The number of phenols is 1. The molecular weight excluding hydrogens is 306 g/mol. The van der Waals surface area contributed by atoms with Crippen LogP contribution in [0.5, 0.6) is 5.75 Å². The summed E-state index contributed by atoms with van der Waals surface area (Å²) in [6, 6.07) is 9.87. The molecule has 2 aromatic rings. The number of nitrogens with one attached hydrogen (secondary N) is 1. The fraction of sp³-hybridized carbons (Fsp3) is 0.278. The summed E-state index contributed by atoms with van der Waals surface area (Å²) in [6.45, 7) is 1.18. The normalized spacial score (nSPS) is 15.1. The molecule has 24 heavy (non-hydrogen) atoms. The van der Waals surface area contributed by atoms with Gasteiger partial charge in [0.05, 0.1) is 5.56 Å². The molecule has 1 saturated heterocycles. The predicted molar refractivity (Wildman–Crippen MR) is 88.7 cm³/mol. The van der Waals surface area contributed by atoms with Crippen molar-refractivity contribution in [3.8, 4) is 5.75 Å². The van der Waals surface area contributed by atoms with Crippen molar-refractivity contribution >= 4 is 11.8 Å². The van der Waals surface area contributed by atoms with E-state index in [2.05, 4.69) is 10.3 Å². The molecule has 1 aromatic carbocycles. The second kappa shape index (κ2) is 7.12. The average Bonchev–Trinajstić information content (AvgIpc) is 2.63. The number of benzene rings is 1. The molecule has 3 rings (SSSR count). The average molecular weight is 325 g/mol. The van der Waals surface area contributed by atoms with Crippen LogP contribution in [0.3, 0.4) is 0 Å². The van der Waals surface area contributed by atoms with Crippen molar-refractivity contribution in [3.63, 3.8) is 0 Å². The number of carbonyl (C=O) groups excluding carboxylic acids is 2. The molecule has 2 N–H and O–H groups in total. The van der Waals surface area contributed by atoms with Gasteiger partial charge in [0.15, 0.2) is 0 Å². The highest BCUT2D eigenvalue weighted by Gasteiger charge is 2.25. The first-order chi connectivity index (χ1) is 11.6. The zero-order chi connectivity index (χ0) is 16.9. The number of hydrogen-bond donors (Lipinski definition) is 2. The number of nitrogens with zero attached hydrogens (tertiary/aromatic N) is 2. The summed E-state index contributed by atoms with van der Waals surface area (Å²) >= 11 is 0. The summed E-state index contributed by atoms with van der Waals surface area (Å²) in [5, 5.41) is 12.7. The lowest BCUT2D eigenvalue weighted by atomic mass is 10.0. The van der Waals surface area contributed by atoms with Gasteiger partial charge in [-0.05, 0) is 37.1 Å². The van der Waals surface area contributed by atoms with E-state index >= 15 is 0 Å². The summed E-state index contributed by atoms with van der Waals surface area (Å²) in [4.78, 5) is 30.3. The lowest BCUT2D eigenvalue weighted by Gasteiger charge is -2.32. The smallest absolute Gasteiger partial charge is 0.255 e. The molecule has 0 saturated carbocycles. The molecule has 1 aromatic heterocycles. The third-order valence-corrected chi connectivity index (χ3v) is 4.19. The third-order valence-electron chi connectivity index (χ3n) is 4.19. The van der Waals surface area contributed by atoms with Gasteiger partial charge in [0.2, 0.25) is 0 Å². The second-order valence-corrected chi connectivity index (χ2v) is 5.79. The first-order valence-electron chi connectivity index (χ1n) is 7.93. The summed E-state index contributed by atoms with van der Waals surface area (Å²) < 4.78 is 0. The fourth-order valence-electron chi connectivity index (χ4n) is 2.83. The lowest BCUT2D eigenvalue weighted by molar-refractivity contribution is 0.0698. The van der Waals surface area contributed by atoms with Crippen LogP contribution in [0.2, 0.25) is 0 Å². The minimum absolute atomic E-state index is 0.00130. The second-order valence-electron chi connectivity index (χ2n) is 5.79. The molecule has 6 nitrogen and oxygen atoms in total. The highest BCUT2D eigenvalue weighted by molar-refractivity contribution is 5.97. The van der Waals surface area contributed by atoms with Crippen LogP contribution in [-0.4, -0.2) is 45.9 Å². The summed E-state index contributed by atoms with van der Waals surface area (Å²) in [7, 11) is 0. The molecule has 124 valence electrons. The third kappa shape index (κ3) is 3.53. The van der Waals surface area contributed by atoms with Crippen LogP contribution in [0.25, 0.3) is 0 Å². The maximum Gasteiger partial charge on any atom is 0.255 e. The number of rotatable bonds is 3. The van der Waals surface area contributed by atoms with E-state index < -0.39 is 0 Å². The number of aromatic hydroxyl groups is 1. The number of likely N-dealkylation sites (tertiary alicyclic amines) is 1. The molecule has 0 aliphatic carbocycles. The number of piperidine rings is 1. The van der Waals surface area contributed by atoms with Crippen LogP contribution >= 0.6 is 0 Å². The zero-order valence-corrected chi connectivity index (χ0v) is 13.2. The molecule has 0 unspecified atom stereocenters. The van der Waals surface area contributed by atoms with Gasteiger partial charge in [-0.2, -0.15) is 0 Å². The Morgan fingerprint density at radius 1 is 1.08 bits per heavy atom. The number of hydrogen-bond acceptors (Lipinski definition) is 4. The van der Waals surface area contributed by atoms with Gasteiger partial charge < -0.3 is 15.3 Å².